The van der Waals surface area contributed by atoms with Gasteiger partial charge in [-0.1, -0.05) is 25.5 Å². The zero-order valence-electron chi connectivity index (χ0n) is 14.7. The van der Waals surface area contributed by atoms with Crippen LogP contribution in [-0.4, -0.2) is 18.1 Å². The highest BCUT2D eigenvalue weighted by molar-refractivity contribution is 5.93. The fraction of sp³-hybridized carbons (Fsp3) is 0.368. The Morgan fingerprint density at radius 3 is 2.46 bits per heavy atom. The van der Waals surface area contributed by atoms with E-state index in [9.17, 15) is 22.4 Å². The summed E-state index contributed by atoms with van der Waals surface area (Å²) in [5, 5.41) is 0. The van der Waals surface area contributed by atoms with Crippen molar-refractivity contribution in [3.63, 3.8) is 0 Å². The number of rotatable bonds is 5. The Kier molecular flexibility index (Phi) is 6.00. The van der Waals surface area contributed by atoms with Crippen molar-refractivity contribution in [2.75, 3.05) is 7.11 Å². The zero-order chi connectivity index (χ0) is 19.5. The fourth-order valence-electron chi connectivity index (χ4n) is 2.58. The molecular formula is C19H19F4NO2. The van der Waals surface area contributed by atoms with Gasteiger partial charge in [-0.3, -0.25) is 4.98 Å². The fourth-order valence-corrected chi connectivity index (χ4v) is 2.58. The number of nitrogens with zero attached hydrogens (tertiary/aromatic N) is 1. The first-order chi connectivity index (χ1) is 12.2. The largest absolute Gasteiger partial charge is 0.465 e. The average molecular weight is 369 g/mol. The molecule has 1 aromatic heterocycles. The van der Waals surface area contributed by atoms with Crippen LogP contribution in [0.25, 0.3) is 11.3 Å². The molecule has 0 radical (unpaired) electrons. The van der Waals surface area contributed by atoms with Crippen LogP contribution < -0.4 is 0 Å². The van der Waals surface area contributed by atoms with Crippen molar-refractivity contribution < 1.29 is 27.1 Å². The Morgan fingerprint density at radius 1 is 1.23 bits per heavy atom. The molecular weight excluding hydrogens is 350 g/mol. The van der Waals surface area contributed by atoms with Crippen LogP contribution in [0.4, 0.5) is 17.6 Å². The number of pyridine rings is 1. The maximum atomic E-state index is 13.8. The van der Waals surface area contributed by atoms with Crippen molar-refractivity contribution >= 4 is 5.97 Å². The number of unbranched alkanes of at least 4 members (excludes halogenated alkanes) is 1. The van der Waals surface area contributed by atoms with Gasteiger partial charge in [0.15, 0.2) is 0 Å². The minimum atomic E-state index is -4.77. The maximum Gasteiger partial charge on any atom is 0.417 e. The van der Waals surface area contributed by atoms with Gasteiger partial charge in [0.25, 0.3) is 0 Å². The number of carbonyl (C=O) groups excluding carboxylic acids is 1. The van der Waals surface area contributed by atoms with Crippen LogP contribution in [0.1, 0.15) is 46.9 Å². The first kappa shape index (κ1) is 19.9. The molecule has 0 saturated carbocycles. The summed E-state index contributed by atoms with van der Waals surface area (Å²) in [5.41, 5.74) is -1.14. The number of ether oxygens (including phenoxy) is 1. The third kappa shape index (κ3) is 4.20. The van der Waals surface area contributed by atoms with Crippen LogP contribution in [0.2, 0.25) is 0 Å². The highest BCUT2D eigenvalue weighted by atomic mass is 19.4. The number of benzene rings is 1. The summed E-state index contributed by atoms with van der Waals surface area (Å²) in [6.45, 7) is 3.43. The number of hydrogen-bond acceptors (Lipinski definition) is 3. The van der Waals surface area contributed by atoms with Crippen LogP contribution in [0.3, 0.4) is 0 Å². The molecule has 0 bridgehead atoms. The summed E-state index contributed by atoms with van der Waals surface area (Å²) in [5.74, 6) is -1.62. The molecule has 7 heteroatoms. The third-order valence-corrected chi connectivity index (χ3v) is 4.02. The second kappa shape index (κ2) is 7.85. The maximum absolute atomic E-state index is 13.8. The van der Waals surface area contributed by atoms with Crippen LogP contribution in [0, 0.1) is 12.7 Å². The Labute approximate surface area is 149 Å². The highest BCUT2D eigenvalue weighted by Crippen LogP contribution is 2.36. The molecule has 140 valence electrons. The molecule has 2 aromatic rings. The summed E-state index contributed by atoms with van der Waals surface area (Å²) in [4.78, 5) is 16.2. The lowest BCUT2D eigenvalue weighted by molar-refractivity contribution is -0.138. The molecule has 1 aromatic carbocycles. The van der Waals surface area contributed by atoms with Crippen LogP contribution in [-0.2, 0) is 17.3 Å². The minimum Gasteiger partial charge on any atom is -0.465 e. The van der Waals surface area contributed by atoms with Crippen molar-refractivity contribution in [1.29, 1.82) is 0 Å². The van der Waals surface area contributed by atoms with Crippen LogP contribution in [0.15, 0.2) is 24.3 Å². The van der Waals surface area contributed by atoms with Crippen molar-refractivity contribution in [3.8, 4) is 11.3 Å². The number of esters is 1. The number of carbonyl (C=O) groups is 1. The molecule has 0 aliphatic rings. The minimum absolute atomic E-state index is 0.00417. The molecule has 0 spiro atoms. The van der Waals surface area contributed by atoms with Gasteiger partial charge in [0.2, 0.25) is 0 Å². The van der Waals surface area contributed by atoms with Crippen molar-refractivity contribution in [1.82, 2.24) is 4.98 Å². The summed E-state index contributed by atoms with van der Waals surface area (Å²) < 4.78 is 59.1. The molecule has 0 atom stereocenters. The van der Waals surface area contributed by atoms with E-state index in [-0.39, 0.29) is 23.4 Å². The van der Waals surface area contributed by atoms with Crippen molar-refractivity contribution in [2.24, 2.45) is 0 Å². The van der Waals surface area contributed by atoms with Gasteiger partial charge in [-0.25, -0.2) is 9.18 Å². The monoisotopic (exact) mass is 369 g/mol. The highest BCUT2D eigenvalue weighted by Gasteiger charge is 2.38. The quantitative estimate of drug-likeness (QED) is 0.527. The van der Waals surface area contributed by atoms with E-state index >= 15 is 0 Å². The van der Waals surface area contributed by atoms with E-state index in [1.807, 2.05) is 6.92 Å². The Bertz CT molecular complexity index is 816. The molecule has 0 N–H and O–H groups in total. The number of aromatic nitrogens is 1. The molecule has 0 unspecified atom stereocenters. The second-order valence-electron chi connectivity index (χ2n) is 5.93. The van der Waals surface area contributed by atoms with Gasteiger partial charge in [0.1, 0.15) is 5.82 Å². The van der Waals surface area contributed by atoms with Gasteiger partial charge in [-0.2, -0.15) is 13.2 Å². The van der Waals surface area contributed by atoms with Gasteiger partial charge in [0, 0.05) is 5.56 Å². The van der Waals surface area contributed by atoms with Crippen molar-refractivity contribution in [2.45, 2.75) is 39.3 Å². The first-order valence-electron chi connectivity index (χ1n) is 8.15. The first-order valence-corrected chi connectivity index (χ1v) is 8.15. The molecule has 2 rings (SSSR count). The normalized spacial score (nSPS) is 11.5. The van der Waals surface area contributed by atoms with Crippen LogP contribution in [0.5, 0.6) is 0 Å². The summed E-state index contributed by atoms with van der Waals surface area (Å²) in [6.07, 6.45) is -3.31. The zero-order valence-corrected chi connectivity index (χ0v) is 14.7. The number of hydrogen-bond donors (Lipinski definition) is 0. The van der Waals surface area contributed by atoms with Gasteiger partial charge in [-0.05, 0) is 37.5 Å². The van der Waals surface area contributed by atoms with E-state index in [0.717, 1.165) is 19.2 Å². The summed E-state index contributed by atoms with van der Waals surface area (Å²) in [6, 6.07) is 4.88. The standard InChI is InChI=1S/C19H19F4NO2/c1-4-5-6-15-17(18(25)26-3)13(19(21,22)23)10-16(24-15)12-8-7-11(2)14(20)9-12/h7-10H,4-6H2,1-3H3. The van der Waals surface area contributed by atoms with Crippen LogP contribution >= 0.6 is 0 Å². The topological polar surface area (TPSA) is 39.2 Å². The Morgan fingerprint density at radius 2 is 1.92 bits per heavy atom. The average Bonchev–Trinajstić information content (AvgIpc) is 2.60. The second-order valence-corrected chi connectivity index (χ2v) is 5.93. The smallest absolute Gasteiger partial charge is 0.417 e. The Hall–Kier alpha value is -2.44. The lowest BCUT2D eigenvalue weighted by atomic mass is 9.98. The van der Waals surface area contributed by atoms with Gasteiger partial charge in [0.05, 0.1) is 29.6 Å². The van der Waals surface area contributed by atoms with E-state index in [0.29, 0.717) is 18.4 Å². The number of halogens is 4. The molecule has 3 nitrogen and oxygen atoms in total. The Balaban J connectivity index is 2.74. The van der Waals surface area contributed by atoms with E-state index in [4.69, 9.17) is 0 Å². The molecule has 0 fully saturated rings. The molecule has 0 aliphatic heterocycles. The number of aryl methyl sites for hydroxylation is 2. The van der Waals surface area contributed by atoms with E-state index < -0.39 is 29.1 Å². The van der Waals surface area contributed by atoms with E-state index in [1.54, 1.807) is 6.92 Å². The molecule has 26 heavy (non-hydrogen) atoms. The number of alkyl halides is 3. The number of methoxy groups -OCH3 is 1. The van der Waals surface area contributed by atoms with Crippen molar-refractivity contribution in [3.05, 3.63) is 52.5 Å². The van der Waals surface area contributed by atoms with Gasteiger partial charge < -0.3 is 4.74 Å². The van der Waals surface area contributed by atoms with Gasteiger partial charge >= 0.3 is 12.1 Å². The summed E-state index contributed by atoms with van der Waals surface area (Å²) >= 11 is 0. The third-order valence-electron chi connectivity index (χ3n) is 4.02. The summed E-state index contributed by atoms with van der Waals surface area (Å²) in [7, 11) is 1.02. The SMILES string of the molecule is CCCCc1nc(-c2ccc(C)c(F)c2)cc(C(F)(F)F)c1C(=O)OC. The van der Waals surface area contributed by atoms with E-state index in [1.165, 1.54) is 12.1 Å². The molecule has 0 saturated heterocycles. The van der Waals surface area contributed by atoms with E-state index in [2.05, 4.69) is 9.72 Å². The predicted molar refractivity (Wildman–Crippen MR) is 89.3 cm³/mol. The molecule has 0 aliphatic carbocycles. The lowest BCUT2D eigenvalue weighted by Crippen LogP contribution is -2.18. The molecule has 1 heterocycles. The predicted octanol–water partition coefficient (Wildman–Crippen LogP) is 5.34. The lowest BCUT2D eigenvalue weighted by Gasteiger charge is -2.17. The molecule has 0 amide bonds. The van der Waals surface area contributed by atoms with Gasteiger partial charge in [-0.15, -0.1) is 0 Å².